The molecule has 0 bridgehead atoms. The molecule has 2 unspecified atom stereocenters. The molecule has 0 aromatic heterocycles. The van der Waals surface area contributed by atoms with Crippen molar-refractivity contribution in [1.82, 2.24) is 9.62 Å². The number of hydrogen-bond donors (Lipinski definition) is 1. The molecule has 1 amide bonds. The molecule has 1 aliphatic rings. The van der Waals surface area contributed by atoms with Crippen molar-refractivity contribution in [1.29, 1.82) is 0 Å². The number of sulfonamides is 1. The van der Waals surface area contributed by atoms with E-state index in [-0.39, 0.29) is 18.0 Å². The topological polar surface area (TPSA) is 66.5 Å². The summed E-state index contributed by atoms with van der Waals surface area (Å²) in [5, 5.41) is 0. The largest absolute Gasteiger partial charge is 0.337 e. The van der Waals surface area contributed by atoms with Gasteiger partial charge in [-0.3, -0.25) is 4.79 Å². The molecule has 6 heteroatoms. The van der Waals surface area contributed by atoms with Gasteiger partial charge < -0.3 is 4.90 Å². The summed E-state index contributed by atoms with van der Waals surface area (Å²) >= 11 is 0. The summed E-state index contributed by atoms with van der Waals surface area (Å²) in [6, 6.07) is 17.9. The summed E-state index contributed by atoms with van der Waals surface area (Å²) < 4.78 is 26.5. The van der Waals surface area contributed by atoms with Crippen LogP contribution in [0, 0.1) is 5.41 Å². The van der Waals surface area contributed by atoms with Gasteiger partial charge in [-0.05, 0) is 29.5 Å². The molecule has 1 aliphatic heterocycles. The zero-order valence-electron chi connectivity index (χ0n) is 17.6. The molecule has 2 aromatic carbocycles. The monoisotopic (exact) mass is 414 g/mol. The van der Waals surface area contributed by atoms with Crippen molar-refractivity contribution in [2.24, 2.45) is 5.41 Å². The normalized spacial score (nSPS) is 20.1. The fraction of sp³-hybridized carbons (Fsp3) is 0.435. The molecule has 0 saturated carbocycles. The van der Waals surface area contributed by atoms with E-state index >= 15 is 0 Å². The molecule has 5 nitrogen and oxygen atoms in total. The van der Waals surface area contributed by atoms with Crippen LogP contribution in [0.15, 0.2) is 54.6 Å². The summed E-state index contributed by atoms with van der Waals surface area (Å²) in [5.74, 6) is 0.0551. The van der Waals surface area contributed by atoms with Gasteiger partial charge in [-0.25, -0.2) is 13.1 Å². The summed E-state index contributed by atoms with van der Waals surface area (Å²) in [7, 11) is -3.36. The minimum Gasteiger partial charge on any atom is -0.337 e. The van der Waals surface area contributed by atoms with Crippen LogP contribution in [0.5, 0.6) is 0 Å². The molecule has 2 atom stereocenters. The fourth-order valence-electron chi connectivity index (χ4n) is 3.95. The van der Waals surface area contributed by atoms with Gasteiger partial charge in [-0.2, -0.15) is 0 Å². The van der Waals surface area contributed by atoms with Gasteiger partial charge in [0.2, 0.25) is 15.9 Å². The Morgan fingerprint density at radius 1 is 1.07 bits per heavy atom. The molecule has 156 valence electrons. The first-order valence-corrected chi connectivity index (χ1v) is 11.9. The van der Waals surface area contributed by atoms with E-state index < -0.39 is 15.4 Å². The fourth-order valence-corrected chi connectivity index (χ4v) is 4.78. The lowest BCUT2D eigenvalue weighted by Crippen LogP contribution is -2.50. The molecule has 29 heavy (non-hydrogen) atoms. The van der Waals surface area contributed by atoms with Crippen molar-refractivity contribution in [2.75, 3.05) is 12.8 Å². The number of carbonyl (C=O) groups excluding carboxylic acids is 1. The van der Waals surface area contributed by atoms with E-state index in [1.54, 1.807) is 0 Å². The van der Waals surface area contributed by atoms with Crippen LogP contribution in [0.4, 0.5) is 0 Å². The Kier molecular flexibility index (Phi) is 6.15. The second-order valence-corrected chi connectivity index (χ2v) is 10.7. The van der Waals surface area contributed by atoms with Crippen molar-refractivity contribution in [3.05, 3.63) is 60.2 Å². The lowest BCUT2D eigenvalue weighted by molar-refractivity contribution is -0.140. The standard InChI is InChI=1S/C23H30N2O3S/c1-23(2,3)22(26)25-14-13-20(24-29(4,27)28)21(25)16-17-9-8-12-19(15-17)18-10-6-5-7-11-18/h5-12,15,20-21,24H,13-14,16H2,1-4H3. The first-order chi connectivity index (χ1) is 13.5. The van der Waals surface area contributed by atoms with E-state index in [1.165, 1.54) is 6.26 Å². The van der Waals surface area contributed by atoms with Crippen LogP contribution in [0.3, 0.4) is 0 Å². The number of nitrogens with zero attached hydrogens (tertiary/aromatic N) is 1. The number of rotatable bonds is 5. The van der Waals surface area contributed by atoms with Crippen LogP contribution < -0.4 is 4.72 Å². The van der Waals surface area contributed by atoms with Crippen LogP contribution in [0.1, 0.15) is 32.8 Å². The number of benzene rings is 2. The molecule has 0 spiro atoms. The van der Waals surface area contributed by atoms with Gasteiger partial charge in [-0.15, -0.1) is 0 Å². The SMILES string of the molecule is CC(C)(C)C(=O)N1CCC(NS(C)(=O)=O)C1Cc1cccc(-c2ccccc2)c1. The van der Waals surface area contributed by atoms with Gasteiger partial charge in [0, 0.05) is 18.0 Å². The van der Waals surface area contributed by atoms with Gasteiger partial charge in [0.15, 0.2) is 0 Å². The Bertz CT molecular complexity index is 965. The van der Waals surface area contributed by atoms with Crippen LogP contribution in [0.25, 0.3) is 11.1 Å². The van der Waals surface area contributed by atoms with E-state index in [0.717, 1.165) is 16.7 Å². The van der Waals surface area contributed by atoms with Gasteiger partial charge in [0.25, 0.3) is 0 Å². The van der Waals surface area contributed by atoms with Crippen molar-refractivity contribution in [2.45, 2.75) is 45.7 Å². The average molecular weight is 415 g/mol. The van der Waals surface area contributed by atoms with Gasteiger partial charge in [0.1, 0.15) is 0 Å². The van der Waals surface area contributed by atoms with E-state index in [9.17, 15) is 13.2 Å². The number of carbonyl (C=O) groups is 1. The average Bonchev–Trinajstić information content (AvgIpc) is 3.01. The molecule has 3 rings (SSSR count). The number of hydrogen-bond acceptors (Lipinski definition) is 3. The Labute approximate surface area is 174 Å². The summed E-state index contributed by atoms with van der Waals surface area (Å²) in [6.45, 7) is 6.27. The van der Waals surface area contributed by atoms with Gasteiger partial charge >= 0.3 is 0 Å². The van der Waals surface area contributed by atoms with Crippen molar-refractivity contribution < 1.29 is 13.2 Å². The number of nitrogens with one attached hydrogen (secondary N) is 1. The quantitative estimate of drug-likeness (QED) is 0.815. The zero-order chi connectivity index (χ0) is 21.2. The summed E-state index contributed by atoms with van der Waals surface area (Å²) in [4.78, 5) is 14.9. The van der Waals surface area contributed by atoms with Crippen molar-refractivity contribution in [3.63, 3.8) is 0 Å². The highest BCUT2D eigenvalue weighted by molar-refractivity contribution is 7.88. The first kappa shape index (κ1) is 21.5. The highest BCUT2D eigenvalue weighted by Crippen LogP contribution is 2.29. The highest BCUT2D eigenvalue weighted by atomic mass is 32.2. The number of amides is 1. The molecule has 1 heterocycles. The Morgan fingerprint density at radius 3 is 2.34 bits per heavy atom. The Hall–Kier alpha value is -2.18. The van der Waals surface area contributed by atoms with Crippen LogP contribution in [0.2, 0.25) is 0 Å². The maximum absolute atomic E-state index is 13.0. The minimum atomic E-state index is -3.36. The lowest BCUT2D eigenvalue weighted by atomic mass is 9.92. The predicted octanol–water partition coefficient (Wildman–Crippen LogP) is 3.46. The molecule has 1 fully saturated rings. The first-order valence-electron chi connectivity index (χ1n) is 9.97. The smallest absolute Gasteiger partial charge is 0.228 e. The van der Waals surface area contributed by atoms with Crippen molar-refractivity contribution in [3.8, 4) is 11.1 Å². The molecule has 0 aliphatic carbocycles. The van der Waals surface area contributed by atoms with E-state index in [0.29, 0.717) is 19.4 Å². The van der Waals surface area contributed by atoms with Crippen molar-refractivity contribution >= 4 is 15.9 Å². The second-order valence-electron chi connectivity index (χ2n) is 8.87. The maximum atomic E-state index is 13.0. The lowest BCUT2D eigenvalue weighted by Gasteiger charge is -2.33. The maximum Gasteiger partial charge on any atom is 0.228 e. The summed E-state index contributed by atoms with van der Waals surface area (Å²) in [5.41, 5.74) is 2.83. The second kappa shape index (κ2) is 8.28. The Balaban J connectivity index is 1.90. The molecule has 1 saturated heterocycles. The van der Waals surface area contributed by atoms with Crippen LogP contribution in [-0.4, -0.2) is 44.1 Å². The van der Waals surface area contributed by atoms with E-state index in [2.05, 4.69) is 29.0 Å². The molecule has 2 aromatic rings. The molecular weight excluding hydrogens is 384 g/mol. The Morgan fingerprint density at radius 2 is 1.72 bits per heavy atom. The number of likely N-dealkylation sites (tertiary alicyclic amines) is 1. The van der Waals surface area contributed by atoms with E-state index in [4.69, 9.17) is 0 Å². The van der Waals surface area contributed by atoms with Gasteiger partial charge in [0.05, 0.1) is 12.3 Å². The molecule has 0 radical (unpaired) electrons. The minimum absolute atomic E-state index is 0.0551. The molecular formula is C23H30N2O3S. The van der Waals surface area contributed by atoms with Gasteiger partial charge in [-0.1, -0.05) is 75.4 Å². The van der Waals surface area contributed by atoms with Crippen LogP contribution >= 0.6 is 0 Å². The highest BCUT2D eigenvalue weighted by Gasteiger charge is 2.41. The third-order valence-electron chi connectivity index (χ3n) is 5.29. The third-order valence-corrected chi connectivity index (χ3v) is 6.02. The predicted molar refractivity (Wildman–Crippen MR) is 117 cm³/mol. The molecule has 1 N–H and O–H groups in total. The van der Waals surface area contributed by atoms with E-state index in [1.807, 2.05) is 56.0 Å². The zero-order valence-corrected chi connectivity index (χ0v) is 18.4. The summed E-state index contributed by atoms with van der Waals surface area (Å²) in [6.07, 6.45) is 2.40. The van der Waals surface area contributed by atoms with Crippen LogP contribution in [-0.2, 0) is 21.2 Å². The third kappa shape index (κ3) is 5.46.